The number of quaternary nitrogens is 1. The molecule has 1 heterocycles. The van der Waals surface area contributed by atoms with E-state index in [1.807, 2.05) is 12.1 Å². The molecular weight excluding hydrogens is 350 g/mol. The number of morpholine rings is 1. The van der Waals surface area contributed by atoms with Crippen molar-refractivity contribution in [2.45, 2.75) is 26.4 Å². The second-order valence-electron chi connectivity index (χ2n) is 6.50. The van der Waals surface area contributed by atoms with Crippen molar-refractivity contribution in [1.82, 2.24) is 10.6 Å². The summed E-state index contributed by atoms with van der Waals surface area (Å²) in [6.07, 6.45) is 0. The normalized spacial score (nSPS) is 15.6. The van der Waals surface area contributed by atoms with Gasteiger partial charge >= 0.3 is 5.97 Å². The van der Waals surface area contributed by atoms with E-state index < -0.39 is 24.5 Å². The van der Waals surface area contributed by atoms with Gasteiger partial charge in [0.1, 0.15) is 25.7 Å². The van der Waals surface area contributed by atoms with Crippen LogP contribution in [-0.4, -0.2) is 63.3 Å². The van der Waals surface area contributed by atoms with Gasteiger partial charge in [0.2, 0.25) is 5.91 Å². The van der Waals surface area contributed by atoms with Crippen LogP contribution in [0.15, 0.2) is 24.3 Å². The smallest absolute Gasteiger partial charge is 0.338 e. The molecule has 1 aromatic carbocycles. The van der Waals surface area contributed by atoms with Crippen molar-refractivity contribution < 1.29 is 28.8 Å². The van der Waals surface area contributed by atoms with E-state index in [0.717, 1.165) is 38.4 Å². The molecule has 8 nitrogen and oxygen atoms in total. The minimum Gasteiger partial charge on any atom is -0.452 e. The summed E-state index contributed by atoms with van der Waals surface area (Å²) in [4.78, 5) is 36.9. The van der Waals surface area contributed by atoms with Gasteiger partial charge in [-0.3, -0.25) is 9.59 Å². The summed E-state index contributed by atoms with van der Waals surface area (Å²) in [7, 11) is 0. The molecular formula is C19H28N3O5+. The van der Waals surface area contributed by atoms with E-state index in [1.165, 1.54) is 4.90 Å². The Bertz CT molecular complexity index is 641. The Morgan fingerprint density at radius 1 is 1.19 bits per heavy atom. The lowest BCUT2D eigenvalue weighted by Gasteiger charge is -2.23. The van der Waals surface area contributed by atoms with Gasteiger partial charge in [0.15, 0.2) is 6.61 Å². The first kappa shape index (κ1) is 20.9. The number of amides is 2. The molecule has 0 radical (unpaired) electrons. The fraction of sp³-hybridized carbons (Fsp3) is 0.526. The molecule has 0 spiro atoms. The number of likely N-dealkylation sites (N-methyl/N-ethyl adjacent to an activating group) is 1. The molecule has 1 atom stereocenters. The van der Waals surface area contributed by atoms with Crippen molar-refractivity contribution in [2.75, 3.05) is 39.5 Å². The lowest BCUT2D eigenvalue weighted by molar-refractivity contribution is -0.921. The van der Waals surface area contributed by atoms with Crippen LogP contribution in [-0.2, 0) is 25.6 Å². The van der Waals surface area contributed by atoms with Crippen LogP contribution in [0.5, 0.6) is 0 Å². The number of hydrogen-bond donors (Lipinski definition) is 3. The molecule has 2 rings (SSSR count). The van der Waals surface area contributed by atoms with E-state index in [2.05, 4.69) is 10.6 Å². The van der Waals surface area contributed by atoms with Crippen LogP contribution >= 0.6 is 0 Å². The minimum absolute atomic E-state index is 0.282. The molecule has 0 bridgehead atoms. The fourth-order valence-corrected chi connectivity index (χ4v) is 2.77. The zero-order valence-corrected chi connectivity index (χ0v) is 15.9. The average Bonchev–Trinajstić information content (AvgIpc) is 2.67. The van der Waals surface area contributed by atoms with Gasteiger partial charge in [-0.1, -0.05) is 12.1 Å². The van der Waals surface area contributed by atoms with Gasteiger partial charge in [-0.2, -0.15) is 0 Å². The Labute approximate surface area is 159 Å². The quantitative estimate of drug-likeness (QED) is 0.499. The number of carbonyl (C=O) groups is 3. The molecule has 3 N–H and O–H groups in total. The molecule has 2 amide bonds. The van der Waals surface area contributed by atoms with Crippen molar-refractivity contribution in [3.8, 4) is 0 Å². The van der Waals surface area contributed by atoms with Gasteiger partial charge in [-0.25, -0.2) is 4.79 Å². The van der Waals surface area contributed by atoms with Crippen molar-refractivity contribution in [2.24, 2.45) is 0 Å². The number of benzene rings is 1. The van der Waals surface area contributed by atoms with Gasteiger partial charge in [0, 0.05) is 12.1 Å². The van der Waals surface area contributed by atoms with E-state index in [0.29, 0.717) is 12.1 Å². The highest BCUT2D eigenvalue weighted by Crippen LogP contribution is 2.05. The number of nitrogens with one attached hydrogen (secondary N) is 3. The van der Waals surface area contributed by atoms with Crippen molar-refractivity contribution in [3.63, 3.8) is 0 Å². The van der Waals surface area contributed by atoms with Crippen LogP contribution in [0, 0.1) is 0 Å². The molecule has 1 aliphatic rings. The van der Waals surface area contributed by atoms with Gasteiger partial charge in [0.05, 0.1) is 18.8 Å². The second kappa shape index (κ2) is 10.6. The zero-order valence-electron chi connectivity index (χ0n) is 15.9. The predicted molar refractivity (Wildman–Crippen MR) is 98.2 cm³/mol. The van der Waals surface area contributed by atoms with Crippen LogP contribution in [0.25, 0.3) is 0 Å². The van der Waals surface area contributed by atoms with Crippen molar-refractivity contribution in [3.05, 3.63) is 35.4 Å². The molecule has 0 unspecified atom stereocenters. The van der Waals surface area contributed by atoms with Gasteiger partial charge in [-0.15, -0.1) is 0 Å². The van der Waals surface area contributed by atoms with Crippen molar-refractivity contribution in [1.29, 1.82) is 0 Å². The molecule has 1 aliphatic heterocycles. The maximum atomic E-state index is 12.1. The molecule has 0 aliphatic carbocycles. The zero-order chi connectivity index (χ0) is 19.6. The molecule has 1 aromatic rings. The van der Waals surface area contributed by atoms with E-state index in [4.69, 9.17) is 9.47 Å². The van der Waals surface area contributed by atoms with Crippen LogP contribution in [0.1, 0.15) is 29.8 Å². The Balaban J connectivity index is 1.76. The summed E-state index contributed by atoms with van der Waals surface area (Å²) >= 11 is 0. The molecule has 1 fully saturated rings. The molecule has 1 saturated heterocycles. The van der Waals surface area contributed by atoms with Crippen LogP contribution in [0.3, 0.4) is 0 Å². The third kappa shape index (κ3) is 6.99. The third-order valence-electron chi connectivity index (χ3n) is 4.30. The molecule has 27 heavy (non-hydrogen) atoms. The Morgan fingerprint density at radius 2 is 1.85 bits per heavy atom. The first-order valence-corrected chi connectivity index (χ1v) is 9.24. The van der Waals surface area contributed by atoms with E-state index in [9.17, 15) is 14.4 Å². The Morgan fingerprint density at radius 3 is 2.48 bits per heavy atom. The molecule has 8 heteroatoms. The highest BCUT2D eigenvalue weighted by Gasteiger charge is 2.17. The Hall–Kier alpha value is -2.45. The fourth-order valence-electron chi connectivity index (χ4n) is 2.77. The number of esters is 1. The van der Waals surface area contributed by atoms with Gasteiger partial charge in [-0.05, 0) is 26.0 Å². The average molecular weight is 378 g/mol. The highest BCUT2D eigenvalue weighted by molar-refractivity contribution is 5.92. The first-order chi connectivity index (χ1) is 13.0. The topological polar surface area (TPSA) is 98.2 Å². The van der Waals surface area contributed by atoms with Gasteiger partial charge in [0.25, 0.3) is 5.91 Å². The number of carbonyl (C=O) groups excluding carboxylic acids is 3. The Kier molecular flexibility index (Phi) is 8.22. The summed E-state index contributed by atoms with van der Waals surface area (Å²) in [5.74, 6) is -1.37. The maximum absolute atomic E-state index is 12.1. The maximum Gasteiger partial charge on any atom is 0.338 e. The van der Waals surface area contributed by atoms with Crippen LogP contribution in [0.4, 0.5) is 0 Å². The standard InChI is InChI=1S/C19H27N3O5/c1-3-20-18(24)14(2)21-17(23)13-27-19(25)16-6-4-15(5-7-16)12-22-8-10-26-11-9-22/h4-7,14H,3,8-13H2,1-2H3,(H,20,24)(H,21,23)/p+1/t14-/m0/s1. The molecule has 148 valence electrons. The SMILES string of the molecule is CCNC(=O)[C@H](C)NC(=O)COC(=O)c1ccc(C[NH+]2CCOCC2)cc1. The lowest BCUT2D eigenvalue weighted by Crippen LogP contribution is -3.12. The molecule has 0 saturated carbocycles. The minimum atomic E-state index is -0.682. The highest BCUT2D eigenvalue weighted by atomic mass is 16.5. The van der Waals surface area contributed by atoms with Crippen LogP contribution in [0.2, 0.25) is 0 Å². The third-order valence-corrected chi connectivity index (χ3v) is 4.30. The van der Waals surface area contributed by atoms with Crippen LogP contribution < -0.4 is 15.5 Å². The monoisotopic (exact) mass is 378 g/mol. The predicted octanol–water partition coefficient (Wildman–Crippen LogP) is -1.10. The van der Waals surface area contributed by atoms with E-state index >= 15 is 0 Å². The van der Waals surface area contributed by atoms with Gasteiger partial charge < -0.3 is 25.0 Å². The number of rotatable bonds is 8. The number of ether oxygens (including phenoxy) is 2. The largest absolute Gasteiger partial charge is 0.452 e. The summed E-state index contributed by atoms with van der Waals surface area (Å²) in [6.45, 7) is 7.82. The number of hydrogen-bond acceptors (Lipinski definition) is 5. The lowest BCUT2D eigenvalue weighted by atomic mass is 10.1. The molecule has 0 aromatic heterocycles. The summed E-state index contributed by atoms with van der Waals surface area (Å²) < 4.78 is 10.4. The van der Waals surface area contributed by atoms with Crippen molar-refractivity contribution >= 4 is 17.8 Å². The summed E-state index contributed by atoms with van der Waals surface area (Å²) in [5.41, 5.74) is 1.53. The van der Waals surface area contributed by atoms with E-state index in [-0.39, 0.29) is 5.91 Å². The second-order valence-corrected chi connectivity index (χ2v) is 6.50. The summed E-state index contributed by atoms with van der Waals surface area (Å²) in [6, 6.07) is 6.52. The summed E-state index contributed by atoms with van der Waals surface area (Å²) in [5, 5.41) is 5.09. The first-order valence-electron chi connectivity index (χ1n) is 9.24. The van der Waals surface area contributed by atoms with E-state index in [1.54, 1.807) is 26.0 Å².